The van der Waals surface area contributed by atoms with E-state index < -0.39 is 8.56 Å². The van der Waals surface area contributed by atoms with Gasteiger partial charge in [-0.1, -0.05) is 75.0 Å². The zero-order valence-electron chi connectivity index (χ0n) is 15.8. The third-order valence-corrected chi connectivity index (χ3v) is 8.18. The van der Waals surface area contributed by atoms with Gasteiger partial charge in [0.1, 0.15) is 0 Å². The first-order valence-corrected chi connectivity index (χ1v) is 10.8. The molecule has 0 amide bonds. The van der Waals surface area contributed by atoms with E-state index in [0.29, 0.717) is 0 Å². The smallest absolute Gasteiger partial charge is 0.386 e. The average Bonchev–Trinajstić information content (AvgIpc) is 2.70. The van der Waals surface area contributed by atoms with Gasteiger partial charge in [-0.3, -0.25) is 0 Å². The van der Waals surface area contributed by atoms with Crippen LogP contribution < -0.4 is 5.19 Å². The summed E-state index contributed by atoms with van der Waals surface area (Å²) in [5.41, 5.74) is 3.28. The summed E-state index contributed by atoms with van der Waals surface area (Å²) in [5, 5.41) is 1.15. The minimum absolute atomic E-state index is 0.825. The first-order valence-electron chi connectivity index (χ1n) is 8.78. The van der Waals surface area contributed by atoms with Crippen LogP contribution in [0.5, 0.6) is 0 Å². The Morgan fingerprint density at radius 1 is 0.880 bits per heavy atom. The van der Waals surface area contributed by atoms with Crippen molar-refractivity contribution >= 4 is 19.3 Å². The number of nitrogens with zero attached hydrogens (tertiary/aromatic N) is 1. The number of hydrogen-bond donors (Lipinski definition) is 0. The Bertz CT molecular complexity index is 662. The van der Waals surface area contributed by atoms with Crippen LogP contribution in [0.3, 0.4) is 0 Å². The van der Waals surface area contributed by atoms with Crippen LogP contribution in [0.4, 0.5) is 0 Å². The summed E-state index contributed by atoms with van der Waals surface area (Å²) in [7, 11) is 1.05. The van der Waals surface area contributed by atoms with E-state index in [1.165, 1.54) is 0 Å². The van der Waals surface area contributed by atoms with Gasteiger partial charge in [0, 0.05) is 20.4 Å². The van der Waals surface area contributed by atoms with Gasteiger partial charge in [0.2, 0.25) is 0 Å². The molecule has 3 nitrogen and oxygen atoms in total. The largest absolute Gasteiger partial charge is 0.394 e. The maximum absolute atomic E-state index is 5.94. The molecule has 0 saturated carbocycles. The van der Waals surface area contributed by atoms with Crippen molar-refractivity contribution in [2.45, 2.75) is 13.8 Å². The molecule has 0 aliphatic heterocycles. The van der Waals surface area contributed by atoms with Crippen molar-refractivity contribution in [3.05, 3.63) is 72.3 Å². The highest BCUT2D eigenvalue weighted by Gasteiger charge is 2.39. The minimum Gasteiger partial charge on any atom is -0.394 e. The van der Waals surface area contributed by atoms with Gasteiger partial charge in [-0.05, 0) is 35.0 Å². The van der Waals surface area contributed by atoms with Crippen molar-refractivity contribution in [1.82, 2.24) is 4.90 Å². The highest BCUT2D eigenvalue weighted by molar-refractivity contribution is 6.81. The van der Waals surface area contributed by atoms with E-state index in [1.54, 1.807) is 14.2 Å². The zero-order chi connectivity index (χ0) is 18.3. The zero-order valence-corrected chi connectivity index (χ0v) is 16.8. The topological polar surface area (TPSA) is 21.7 Å². The van der Waals surface area contributed by atoms with Crippen LogP contribution in [-0.4, -0.2) is 46.9 Å². The van der Waals surface area contributed by atoms with E-state index >= 15 is 0 Å². The van der Waals surface area contributed by atoms with Gasteiger partial charge in [0.25, 0.3) is 0 Å². The molecule has 2 aromatic carbocycles. The summed E-state index contributed by atoms with van der Waals surface area (Å²) in [6.45, 7) is 10.6. The molecule has 0 aliphatic rings. The quantitative estimate of drug-likeness (QED) is 0.642. The van der Waals surface area contributed by atoms with Crippen molar-refractivity contribution in [3.63, 3.8) is 0 Å². The van der Waals surface area contributed by atoms with E-state index in [2.05, 4.69) is 61.7 Å². The molecular formula is C21H29NO2Si. The van der Waals surface area contributed by atoms with Gasteiger partial charge in [-0.2, -0.15) is 0 Å². The lowest BCUT2D eigenvalue weighted by atomic mass is 10.00. The van der Waals surface area contributed by atoms with Gasteiger partial charge in [0.05, 0.1) is 0 Å². The fraction of sp³-hybridized carbons (Fsp3) is 0.333. The molecule has 0 spiro atoms. The molecule has 4 heteroatoms. The van der Waals surface area contributed by atoms with Crippen molar-refractivity contribution < 1.29 is 8.85 Å². The summed E-state index contributed by atoms with van der Waals surface area (Å²) in [4.78, 5) is 2.36. The normalized spacial score (nSPS) is 11.7. The van der Waals surface area contributed by atoms with E-state index in [9.17, 15) is 0 Å². The standard InChI is InChI=1S/C21H29NO2Si/c1-6-22(7-2)17-25(23-4,24-5)21-15-13-20(14-16-21)18(3)19-11-9-8-10-12-19/h8-16H,3,6-7,17H2,1-2,4-5H3. The Kier molecular flexibility index (Phi) is 7.14. The highest BCUT2D eigenvalue weighted by Crippen LogP contribution is 2.21. The Balaban J connectivity index is 2.28. The second kappa shape index (κ2) is 9.11. The first-order chi connectivity index (χ1) is 12.1. The molecule has 134 valence electrons. The predicted molar refractivity (Wildman–Crippen MR) is 108 cm³/mol. The fourth-order valence-corrected chi connectivity index (χ4v) is 5.80. The van der Waals surface area contributed by atoms with E-state index in [0.717, 1.165) is 41.1 Å². The molecule has 0 N–H and O–H groups in total. The maximum Gasteiger partial charge on any atom is 0.386 e. The lowest BCUT2D eigenvalue weighted by Crippen LogP contribution is -2.60. The molecule has 25 heavy (non-hydrogen) atoms. The molecule has 0 bridgehead atoms. The molecule has 0 atom stereocenters. The van der Waals surface area contributed by atoms with Gasteiger partial charge in [-0.15, -0.1) is 0 Å². The highest BCUT2D eigenvalue weighted by atomic mass is 28.4. The molecule has 0 fully saturated rings. The Morgan fingerprint density at radius 2 is 1.40 bits per heavy atom. The summed E-state index contributed by atoms with van der Waals surface area (Å²) >= 11 is 0. The molecule has 0 saturated heterocycles. The average molecular weight is 356 g/mol. The second-order valence-corrected chi connectivity index (χ2v) is 9.26. The summed E-state index contributed by atoms with van der Waals surface area (Å²) in [6, 6.07) is 18.8. The van der Waals surface area contributed by atoms with Gasteiger partial charge >= 0.3 is 8.56 Å². The van der Waals surface area contributed by atoms with Crippen LogP contribution >= 0.6 is 0 Å². The molecule has 0 aliphatic carbocycles. The lowest BCUT2D eigenvalue weighted by molar-refractivity contribution is 0.222. The lowest BCUT2D eigenvalue weighted by Gasteiger charge is -2.32. The van der Waals surface area contributed by atoms with Crippen molar-refractivity contribution in [3.8, 4) is 0 Å². The van der Waals surface area contributed by atoms with Crippen molar-refractivity contribution in [2.75, 3.05) is 33.5 Å². The van der Waals surface area contributed by atoms with Crippen molar-refractivity contribution in [2.24, 2.45) is 0 Å². The van der Waals surface area contributed by atoms with Crippen molar-refractivity contribution in [1.29, 1.82) is 0 Å². The first kappa shape index (κ1) is 19.6. The van der Waals surface area contributed by atoms with Gasteiger partial charge < -0.3 is 13.8 Å². The number of benzene rings is 2. The van der Waals surface area contributed by atoms with Crippen LogP contribution in [0.15, 0.2) is 61.2 Å². The minimum atomic E-state index is -2.47. The summed E-state index contributed by atoms with van der Waals surface area (Å²) < 4.78 is 11.9. The maximum atomic E-state index is 5.94. The molecule has 0 heterocycles. The summed E-state index contributed by atoms with van der Waals surface area (Å²) in [5.74, 6) is 0. The van der Waals surface area contributed by atoms with E-state index in [-0.39, 0.29) is 0 Å². The molecule has 0 unspecified atom stereocenters. The van der Waals surface area contributed by atoms with Crippen LogP contribution in [0.1, 0.15) is 25.0 Å². The van der Waals surface area contributed by atoms with Crippen LogP contribution in [-0.2, 0) is 8.85 Å². The third kappa shape index (κ3) is 4.47. The third-order valence-electron chi connectivity index (χ3n) is 4.78. The molecule has 0 aromatic heterocycles. The van der Waals surface area contributed by atoms with E-state index in [4.69, 9.17) is 8.85 Å². The Labute approximate surface area is 153 Å². The molecule has 2 aromatic rings. The van der Waals surface area contributed by atoms with Crippen LogP contribution in [0.25, 0.3) is 5.57 Å². The Morgan fingerprint density at radius 3 is 1.88 bits per heavy atom. The molecule has 0 radical (unpaired) electrons. The number of rotatable bonds is 9. The van der Waals surface area contributed by atoms with Gasteiger partial charge in [-0.25, -0.2) is 0 Å². The SMILES string of the molecule is C=C(c1ccccc1)c1ccc([Si](CN(CC)CC)(OC)OC)cc1. The molecular weight excluding hydrogens is 326 g/mol. The fourth-order valence-electron chi connectivity index (χ4n) is 3.01. The monoisotopic (exact) mass is 355 g/mol. The van der Waals surface area contributed by atoms with Crippen LogP contribution in [0, 0.1) is 0 Å². The predicted octanol–water partition coefficient (Wildman–Crippen LogP) is 3.57. The summed E-state index contributed by atoms with van der Waals surface area (Å²) in [6.07, 6.45) is 0.825. The van der Waals surface area contributed by atoms with Gasteiger partial charge in [0.15, 0.2) is 0 Å². The number of hydrogen-bond acceptors (Lipinski definition) is 3. The van der Waals surface area contributed by atoms with Crippen LogP contribution in [0.2, 0.25) is 0 Å². The Hall–Kier alpha value is -1.72. The molecule has 2 rings (SSSR count). The second-order valence-electron chi connectivity index (χ2n) is 6.04. The van der Waals surface area contributed by atoms with E-state index in [1.807, 2.05) is 18.2 Å².